The number of ether oxygens (including phenoxy) is 2. The van der Waals surface area contributed by atoms with Crippen molar-refractivity contribution in [2.75, 3.05) is 13.7 Å². The van der Waals surface area contributed by atoms with Gasteiger partial charge in [-0.05, 0) is 47.9 Å². The molecule has 0 aliphatic heterocycles. The van der Waals surface area contributed by atoms with Gasteiger partial charge >= 0.3 is 0 Å². The van der Waals surface area contributed by atoms with Gasteiger partial charge in [0.2, 0.25) is 0 Å². The zero-order valence-electron chi connectivity index (χ0n) is 20.0. The molecule has 0 aliphatic carbocycles. The molecule has 4 aromatic rings. The van der Waals surface area contributed by atoms with Gasteiger partial charge in [-0.2, -0.15) is 10.5 Å². The van der Waals surface area contributed by atoms with Crippen LogP contribution < -0.4 is 14.8 Å². The molecular formula is C29H23ClN4O3. The Kier molecular flexibility index (Phi) is 8.10. The van der Waals surface area contributed by atoms with Crippen molar-refractivity contribution in [1.82, 2.24) is 10.3 Å². The number of amides is 1. The summed E-state index contributed by atoms with van der Waals surface area (Å²) in [6.07, 6.45) is 3.99. The van der Waals surface area contributed by atoms with Crippen LogP contribution in [0.2, 0.25) is 5.02 Å². The molecule has 0 spiro atoms. The monoisotopic (exact) mass is 510 g/mol. The van der Waals surface area contributed by atoms with Crippen LogP contribution in [0.5, 0.6) is 11.5 Å². The highest BCUT2D eigenvalue weighted by atomic mass is 35.5. The number of carbonyl (C=O) groups excluding carboxylic acids is 1. The first-order chi connectivity index (χ1) is 18.0. The number of rotatable bonds is 9. The van der Waals surface area contributed by atoms with E-state index >= 15 is 0 Å². The molecular weight excluding hydrogens is 488 g/mol. The zero-order valence-corrected chi connectivity index (χ0v) is 20.8. The minimum Gasteiger partial charge on any atom is -0.493 e. The van der Waals surface area contributed by atoms with E-state index in [0.717, 1.165) is 16.5 Å². The maximum absolute atomic E-state index is 12.7. The number of benzene rings is 3. The highest BCUT2D eigenvalue weighted by molar-refractivity contribution is 6.32. The fourth-order valence-electron chi connectivity index (χ4n) is 3.93. The molecule has 0 bridgehead atoms. The molecule has 3 aromatic carbocycles. The minimum atomic E-state index is -0.481. The number of hydrogen-bond donors (Lipinski definition) is 2. The van der Waals surface area contributed by atoms with Crippen LogP contribution in [-0.2, 0) is 17.8 Å². The normalized spacial score (nSPS) is 11.0. The lowest BCUT2D eigenvalue weighted by molar-refractivity contribution is -0.117. The first-order valence-corrected chi connectivity index (χ1v) is 11.8. The Labute approximate surface area is 219 Å². The number of nitriles is 2. The molecule has 0 radical (unpaired) electrons. The van der Waals surface area contributed by atoms with Gasteiger partial charge in [0.1, 0.15) is 18.2 Å². The van der Waals surface area contributed by atoms with Crippen molar-refractivity contribution in [3.05, 3.63) is 99.7 Å². The molecule has 0 aliphatic rings. The molecule has 1 aromatic heterocycles. The van der Waals surface area contributed by atoms with Gasteiger partial charge in [-0.3, -0.25) is 4.79 Å². The van der Waals surface area contributed by atoms with Gasteiger partial charge < -0.3 is 19.8 Å². The van der Waals surface area contributed by atoms with Crippen molar-refractivity contribution in [2.45, 2.75) is 13.0 Å². The third-order valence-corrected chi connectivity index (χ3v) is 6.07. The first-order valence-electron chi connectivity index (χ1n) is 11.5. The van der Waals surface area contributed by atoms with Crippen molar-refractivity contribution in [3.8, 4) is 23.6 Å². The van der Waals surface area contributed by atoms with Gasteiger partial charge in [-0.1, -0.05) is 48.0 Å². The first kappa shape index (κ1) is 25.4. The zero-order chi connectivity index (χ0) is 26.2. The van der Waals surface area contributed by atoms with E-state index in [1.807, 2.05) is 42.6 Å². The summed E-state index contributed by atoms with van der Waals surface area (Å²) in [4.78, 5) is 15.9. The van der Waals surface area contributed by atoms with Crippen LogP contribution in [0.25, 0.3) is 17.0 Å². The number of aromatic amines is 1. The maximum Gasteiger partial charge on any atom is 0.261 e. The molecule has 8 heteroatoms. The summed E-state index contributed by atoms with van der Waals surface area (Å²) < 4.78 is 11.3. The van der Waals surface area contributed by atoms with Crippen molar-refractivity contribution in [2.24, 2.45) is 0 Å². The molecule has 7 nitrogen and oxygen atoms in total. The van der Waals surface area contributed by atoms with Crippen LogP contribution in [0.3, 0.4) is 0 Å². The summed E-state index contributed by atoms with van der Waals surface area (Å²) >= 11 is 6.46. The number of methoxy groups -OCH3 is 1. The lowest BCUT2D eigenvalue weighted by Crippen LogP contribution is -2.26. The van der Waals surface area contributed by atoms with E-state index in [1.165, 1.54) is 13.2 Å². The van der Waals surface area contributed by atoms with Gasteiger partial charge in [0, 0.05) is 29.2 Å². The lowest BCUT2D eigenvalue weighted by atomic mass is 10.1. The van der Waals surface area contributed by atoms with Crippen LogP contribution in [0, 0.1) is 22.7 Å². The summed E-state index contributed by atoms with van der Waals surface area (Å²) in [7, 11) is 1.47. The van der Waals surface area contributed by atoms with Crippen molar-refractivity contribution in [3.63, 3.8) is 0 Å². The van der Waals surface area contributed by atoms with Crippen LogP contribution in [0.1, 0.15) is 22.3 Å². The predicted molar refractivity (Wildman–Crippen MR) is 142 cm³/mol. The summed E-state index contributed by atoms with van der Waals surface area (Å²) in [5, 5.41) is 23.0. The van der Waals surface area contributed by atoms with Crippen LogP contribution >= 0.6 is 11.6 Å². The van der Waals surface area contributed by atoms with Crippen molar-refractivity contribution < 1.29 is 14.3 Å². The second kappa shape index (κ2) is 11.8. The summed E-state index contributed by atoms with van der Waals surface area (Å²) in [5.41, 5.74) is 3.79. The van der Waals surface area contributed by atoms with E-state index in [9.17, 15) is 15.3 Å². The number of nitrogens with zero attached hydrogens (tertiary/aromatic N) is 2. The average molecular weight is 511 g/mol. The molecule has 0 fully saturated rings. The number of H-pyrrole nitrogens is 1. The molecule has 1 heterocycles. The largest absolute Gasteiger partial charge is 0.493 e. The van der Waals surface area contributed by atoms with Crippen LogP contribution in [0.15, 0.2) is 72.4 Å². The molecule has 0 saturated heterocycles. The highest BCUT2D eigenvalue weighted by Gasteiger charge is 2.15. The Morgan fingerprint density at radius 1 is 1.11 bits per heavy atom. The molecule has 1 amide bonds. The Balaban J connectivity index is 1.45. The second-order valence-corrected chi connectivity index (χ2v) is 8.53. The third-order valence-electron chi connectivity index (χ3n) is 5.79. The quantitative estimate of drug-likeness (QED) is 0.226. The standard InChI is InChI=1S/C29H23ClN4O3/c1-36-27-14-19(13-25(30)28(27)37-18-22-7-3-2-6-20(22)15-31)12-23(16-32)29(35)33-11-10-21-17-34-26-9-5-4-8-24(21)26/h2-9,12-14,17,34H,10-11,18H2,1H3,(H,33,35)/b23-12-. The number of carbonyl (C=O) groups is 1. The van der Waals surface area contributed by atoms with Crippen molar-refractivity contribution in [1.29, 1.82) is 10.5 Å². The number of halogens is 1. The Morgan fingerprint density at radius 3 is 2.68 bits per heavy atom. The minimum absolute atomic E-state index is 0.0614. The Hall–Kier alpha value is -4.72. The number of para-hydroxylation sites is 1. The second-order valence-electron chi connectivity index (χ2n) is 8.13. The Morgan fingerprint density at radius 2 is 1.89 bits per heavy atom. The molecule has 0 atom stereocenters. The summed E-state index contributed by atoms with van der Waals surface area (Å²) in [6.45, 7) is 0.498. The Bertz CT molecular complexity index is 1560. The molecule has 184 valence electrons. The topological polar surface area (TPSA) is 111 Å². The third kappa shape index (κ3) is 5.92. The highest BCUT2D eigenvalue weighted by Crippen LogP contribution is 2.37. The van der Waals surface area contributed by atoms with E-state index < -0.39 is 5.91 Å². The predicted octanol–water partition coefficient (Wildman–Crippen LogP) is 5.55. The van der Waals surface area contributed by atoms with E-state index in [1.54, 1.807) is 30.3 Å². The maximum atomic E-state index is 12.7. The van der Waals surface area contributed by atoms with Crippen LogP contribution in [-0.4, -0.2) is 24.5 Å². The van der Waals surface area contributed by atoms with Gasteiger partial charge in [0.15, 0.2) is 11.5 Å². The van der Waals surface area contributed by atoms with E-state index in [2.05, 4.69) is 16.4 Å². The number of hydrogen-bond acceptors (Lipinski definition) is 5. The smallest absolute Gasteiger partial charge is 0.261 e. The lowest BCUT2D eigenvalue weighted by Gasteiger charge is -2.14. The fourth-order valence-corrected chi connectivity index (χ4v) is 4.20. The summed E-state index contributed by atoms with van der Waals surface area (Å²) in [5.74, 6) is 0.159. The molecule has 0 saturated carbocycles. The van der Waals surface area contributed by atoms with Crippen LogP contribution in [0.4, 0.5) is 0 Å². The number of nitrogens with one attached hydrogen (secondary N) is 2. The summed E-state index contributed by atoms with van der Waals surface area (Å²) in [6, 6.07) is 22.4. The molecule has 37 heavy (non-hydrogen) atoms. The van der Waals surface area contributed by atoms with Gasteiger partial charge in [0.25, 0.3) is 5.91 Å². The average Bonchev–Trinajstić information content (AvgIpc) is 3.33. The number of aromatic nitrogens is 1. The van der Waals surface area contributed by atoms with E-state index in [-0.39, 0.29) is 17.2 Å². The van der Waals surface area contributed by atoms with E-state index in [4.69, 9.17) is 21.1 Å². The van der Waals surface area contributed by atoms with Gasteiger partial charge in [0.05, 0.1) is 23.8 Å². The fraction of sp³-hybridized carbons (Fsp3) is 0.138. The van der Waals surface area contributed by atoms with Gasteiger partial charge in [-0.15, -0.1) is 0 Å². The molecule has 0 unspecified atom stereocenters. The van der Waals surface area contributed by atoms with E-state index in [0.29, 0.717) is 41.2 Å². The van der Waals surface area contributed by atoms with Crippen molar-refractivity contribution >= 4 is 34.5 Å². The molecule has 2 N–H and O–H groups in total. The van der Waals surface area contributed by atoms with Gasteiger partial charge in [-0.25, -0.2) is 0 Å². The SMILES string of the molecule is COc1cc(/C=C(/C#N)C(=O)NCCc2c[nH]c3ccccc23)cc(Cl)c1OCc1ccccc1C#N. The number of fused-ring (bicyclic) bond motifs is 1. The molecule has 4 rings (SSSR count).